The first-order chi connectivity index (χ1) is 9.88. The Kier molecular flexibility index (Phi) is 4.57. The smallest absolute Gasteiger partial charge is 0.142 e. The summed E-state index contributed by atoms with van der Waals surface area (Å²) in [7, 11) is 4.22. The van der Waals surface area contributed by atoms with Crippen LogP contribution in [0.15, 0.2) is 0 Å². The molecule has 0 fully saturated rings. The van der Waals surface area contributed by atoms with Crippen LogP contribution in [-0.2, 0) is 13.0 Å². The molecule has 0 aliphatic heterocycles. The van der Waals surface area contributed by atoms with Gasteiger partial charge < -0.3 is 15.2 Å². The van der Waals surface area contributed by atoms with Crippen molar-refractivity contribution < 1.29 is 0 Å². The summed E-state index contributed by atoms with van der Waals surface area (Å²) in [4.78, 5) is 7.12. The van der Waals surface area contributed by atoms with Gasteiger partial charge in [0.25, 0.3) is 0 Å². The van der Waals surface area contributed by atoms with E-state index in [0.717, 1.165) is 53.9 Å². The molecule has 0 radical (unpaired) electrons. The van der Waals surface area contributed by atoms with Gasteiger partial charge in [0.1, 0.15) is 5.65 Å². The van der Waals surface area contributed by atoms with Gasteiger partial charge in [-0.05, 0) is 65.4 Å². The van der Waals surface area contributed by atoms with Gasteiger partial charge in [-0.15, -0.1) is 0 Å². The first-order valence-corrected chi connectivity index (χ1v) is 7.77. The van der Waals surface area contributed by atoms with Crippen LogP contribution in [-0.4, -0.2) is 35.1 Å². The first-order valence-electron chi connectivity index (χ1n) is 7.77. The maximum atomic E-state index is 6.39. The zero-order valence-electron chi connectivity index (χ0n) is 14.2. The van der Waals surface area contributed by atoms with E-state index in [4.69, 9.17) is 10.7 Å². The lowest BCUT2D eigenvalue weighted by atomic mass is 10.1. The molecule has 4 nitrogen and oxygen atoms in total. The molecule has 2 aromatic rings. The molecule has 4 heteroatoms. The van der Waals surface area contributed by atoms with Gasteiger partial charge in [-0.25, -0.2) is 4.98 Å². The van der Waals surface area contributed by atoms with E-state index in [2.05, 4.69) is 51.3 Å². The lowest BCUT2D eigenvalue weighted by Crippen LogP contribution is -2.15. The van der Waals surface area contributed by atoms with E-state index in [9.17, 15) is 0 Å². The Bertz CT molecular complexity index is 653. The Morgan fingerprint density at radius 2 is 1.81 bits per heavy atom. The fourth-order valence-corrected chi connectivity index (χ4v) is 3.00. The molecule has 2 N–H and O–H groups in total. The third-order valence-electron chi connectivity index (χ3n) is 4.47. The second kappa shape index (κ2) is 6.06. The molecule has 21 heavy (non-hydrogen) atoms. The fraction of sp³-hybridized carbons (Fsp3) is 0.588. The molecule has 0 aliphatic rings. The lowest BCUT2D eigenvalue weighted by Gasteiger charge is -2.13. The van der Waals surface area contributed by atoms with Gasteiger partial charge >= 0.3 is 0 Å². The standard InChI is InChI=1S/C17H28N4/c1-7-14-12(3)16(18)15-11(2)13(4)21(17(15)19-14)10-8-9-20(5)6/h7-10H2,1-6H3,(H2,18,19). The second-order valence-electron chi connectivity index (χ2n) is 6.17. The summed E-state index contributed by atoms with van der Waals surface area (Å²) in [5, 5.41) is 1.15. The highest BCUT2D eigenvalue weighted by atomic mass is 15.1. The first kappa shape index (κ1) is 15.8. The van der Waals surface area contributed by atoms with Crippen LogP contribution < -0.4 is 5.73 Å². The number of hydrogen-bond acceptors (Lipinski definition) is 3. The van der Waals surface area contributed by atoms with E-state index >= 15 is 0 Å². The summed E-state index contributed by atoms with van der Waals surface area (Å²) >= 11 is 0. The minimum atomic E-state index is 0.906. The number of hydrogen-bond donors (Lipinski definition) is 1. The van der Waals surface area contributed by atoms with Crippen LogP contribution in [0.5, 0.6) is 0 Å². The monoisotopic (exact) mass is 288 g/mol. The van der Waals surface area contributed by atoms with Crippen LogP contribution in [0.1, 0.15) is 35.9 Å². The van der Waals surface area contributed by atoms with Gasteiger partial charge in [0.2, 0.25) is 0 Å². The quantitative estimate of drug-likeness (QED) is 0.920. The van der Waals surface area contributed by atoms with Crippen molar-refractivity contribution in [2.45, 2.75) is 47.1 Å². The van der Waals surface area contributed by atoms with E-state index in [-0.39, 0.29) is 0 Å². The van der Waals surface area contributed by atoms with Crippen molar-refractivity contribution in [3.63, 3.8) is 0 Å². The van der Waals surface area contributed by atoms with Gasteiger partial charge in [0.05, 0.1) is 0 Å². The normalized spacial score (nSPS) is 11.8. The zero-order valence-corrected chi connectivity index (χ0v) is 14.2. The van der Waals surface area contributed by atoms with E-state index in [1.165, 1.54) is 11.3 Å². The van der Waals surface area contributed by atoms with Crippen molar-refractivity contribution in [3.05, 3.63) is 22.5 Å². The van der Waals surface area contributed by atoms with Gasteiger partial charge in [-0.1, -0.05) is 6.92 Å². The summed E-state index contributed by atoms with van der Waals surface area (Å²) in [5.74, 6) is 0. The van der Waals surface area contributed by atoms with Crippen LogP contribution in [0.25, 0.3) is 11.0 Å². The average molecular weight is 288 g/mol. The van der Waals surface area contributed by atoms with Gasteiger partial charge in [0.15, 0.2) is 0 Å². The number of nitrogen functional groups attached to an aromatic ring is 1. The van der Waals surface area contributed by atoms with Crippen LogP contribution in [0.3, 0.4) is 0 Å². The number of aromatic nitrogens is 2. The molecule has 0 amide bonds. The largest absolute Gasteiger partial charge is 0.398 e. The molecule has 0 unspecified atom stereocenters. The van der Waals surface area contributed by atoms with Crippen molar-refractivity contribution >= 4 is 16.7 Å². The second-order valence-corrected chi connectivity index (χ2v) is 6.17. The van der Waals surface area contributed by atoms with Crippen molar-refractivity contribution in [2.75, 3.05) is 26.4 Å². The molecule has 0 saturated heterocycles. The van der Waals surface area contributed by atoms with E-state index in [1.54, 1.807) is 0 Å². The summed E-state index contributed by atoms with van der Waals surface area (Å²) in [6.07, 6.45) is 2.04. The fourth-order valence-electron chi connectivity index (χ4n) is 3.00. The zero-order chi connectivity index (χ0) is 15.7. The molecule has 0 atom stereocenters. The lowest BCUT2D eigenvalue weighted by molar-refractivity contribution is 0.387. The number of nitrogens with zero attached hydrogens (tertiary/aromatic N) is 3. The summed E-state index contributed by atoms with van der Waals surface area (Å²) in [5.41, 5.74) is 13.2. The topological polar surface area (TPSA) is 47.1 Å². The molecule has 116 valence electrons. The van der Waals surface area contributed by atoms with Gasteiger partial charge in [-0.2, -0.15) is 0 Å². The number of fused-ring (bicyclic) bond motifs is 1. The predicted molar refractivity (Wildman–Crippen MR) is 90.9 cm³/mol. The van der Waals surface area contributed by atoms with Crippen molar-refractivity contribution in [3.8, 4) is 0 Å². The molecular weight excluding hydrogens is 260 g/mol. The average Bonchev–Trinajstić information content (AvgIpc) is 2.67. The molecular formula is C17H28N4. The van der Waals surface area contributed by atoms with Crippen LogP contribution >= 0.6 is 0 Å². The van der Waals surface area contributed by atoms with E-state index in [0.29, 0.717) is 0 Å². The molecule has 0 aromatic carbocycles. The Balaban J connectivity index is 2.55. The van der Waals surface area contributed by atoms with Crippen LogP contribution in [0, 0.1) is 20.8 Å². The number of pyridine rings is 1. The molecule has 0 spiro atoms. The van der Waals surface area contributed by atoms with Gasteiger partial charge in [0, 0.05) is 29.0 Å². The minimum Gasteiger partial charge on any atom is -0.398 e. The maximum absolute atomic E-state index is 6.39. The maximum Gasteiger partial charge on any atom is 0.142 e. The van der Waals surface area contributed by atoms with E-state index < -0.39 is 0 Å². The van der Waals surface area contributed by atoms with Crippen LogP contribution in [0.4, 0.5) is 5.69 Å². The molecule has 0 bridgehead atoms. The number of anilines is 1. The van der Waals surface area contributed by atoms with Gasteiger partial charge in [-0.3, -0.25) is 0 Å². The summed E-state index contributed by atoms with van der Waals surface area (Å²) in [6.45, 7) is 10.6. The Morgan fingerprint density at radius 3 is 2.38 bits per heavy atom. The Hall–Kier alpha value is -1.55. The predicted octanol–water partition coefficient (Wildman–Crippen LogP) is 3.06. The highest BCUT2D eigenvalue weighted by molar-refractivity contribution is 5.94. The molecule has 2 aromatic heterocycles. The number of aryl methyl sites for hydroxylation is 3. The highest BCUT2D eigenvalue weighted by Gasteiger charge is 2.17. The number of nitrogens with two attached hydrogens (primary N) is 1. The summed E-state index contributed by atoms with van der Waals surface area (Å²) < 4.78 is 2.34. The molecule has 0 aliphatic carbocycles. The number of rotatable bonds is 5. The summed E-state index contributed by atoms with van der Waals surface area (Å²) in [6, 6.07) is 0. The molecule has 2 rings (SSSR count). The Morgan fingerprint density at radius 1 is 1.14 bits per heavy atom. The van der Waals surface area contributed by atoms with Crippen LogP contribution in [0.2, 0.25) is 0 Å². The van der Waals surface area contributed by atoms with E-state index in [1.807, 2.05) is 0 Å². The van der Waals surface area contributed by atoms with Crippen molar-refractivity contribution in [1.29, 1.82) is 0 Å². The highest BCUT2D eigenvalue weighted by Crippen LogP contribution is 2.32. The molecule has 0 saturated carbocycles. The SMILES string of the molecule is CCc1nc2c(c(C)c(C)n2CCCN(C)C)c(N)c1C. The molecule has 2 heterocycles. The third-order valence-corrected chi connectivity index (χ3v) is 4.47. The van der Waals surface area contributed by atoms with Crippen molar-refractivity contribution in [1.82, 2.24) is 14.5 Å². The minimum absolute atomic E-state index is 0.906. The van der Waals surface area contributed by atoms with Crippen molar-refractivity contribution in [2.24, 2.45) is 0 Å². The Labute approximate surface area is 128 Å². The third kappa shape index (κ3) is 2.77.